The maximum absolute atomic E-state index is 13.4. The Morgan fingerprint density at radius 1 is 1.09 bits per heavy atom. The number of nitrogens with zero attached hydrogens (tertiary/aromatic N) is 1. The Labute approximate surface area is 193 Å². The van der Waals surface area contributed by atoms with Crippen molar-refractivity contribution in [2.24, 2.45) is 5.92 Å². The Balaban J connectivity index is 1.32. The summed E-state index contributed by atoms with van der Waals surface area (Å²) < 4.78 is 29.3. The maximum Gasteiger partial charge on any atom is 0.306 e. The molecule has 0 saturated carbocycles. The van der Waals surface area contributed by atoms with Gasteiger partial charge in [0.05, 0.1) is 13.0 Å². The first kappa shape index (κ1) is 23.1. The van der Waals surface area contributed by atoms with Crippen LogP contribution in [0.3, 0.4) is 0 Å². The second-order valence-corrected chi connectivity index (χ2v) is 8.57. The van der Waals surface area contributed by atoms with E-state index in [-0.39, 0.29) is 42.7 Å². The lowest BCUT2D eigenvalue weighted by Crippen LogP contribution is -2.40. The summed E-state index contributed by atoms with van der Waals surface area (Å²) in [7, 11) is 0. The van der Waals surface area contributed by atoms with Crippen molar-refractivity contribution >= 4 is 11.9 Å². The number of carbonyl (C=O) groups is 2. The van der Waals surface area contributed by atoms with Gasteiger partial charge in [-0.2, -0.15) is 0 Å². The zero-order valence-electron chi connectivity index (χ0n) is 18.9. The van der Waals surface area contributed by atoms with Crippen molar-refractivity contribution in [3.05, 3.63) is 59.4 Å². The van der Waals surface area contributed by atoms with E-state index in [0.717, 1.165) is 35.5 Å². The van der Waals surface area contributed by atoms with Crippen molar-refractivity contribution in [1.29, 1.82) is 0 Å². The van der Waals surface area contributed by atoms with Crippen molar-refractivity contribution in [2.75, 3.05) is 26.5 Å². The van der Waals surface area contributed by atoms with Gasteiger partial charge in [0.25, 0.3) is 0 Å². The van der Waals surface area contributed by atoms with Crippen molar-refractivity contribution < 1.29 is 28.2 Å². The molecule has 176 valence electrons. The van der Waals surface area contributed by atoms with E-state index in [2.05, 4.69) is 0 Å². The Bertz CT molecular complexity index is 969. The third-order valence-electron chi connectivity index (χ3n) is 6.52. The molecular weight excluding hydrogens is 425 g/mol. The van der Waals surface area contributed by atoms with Crippen LogP contribution < -0.4 is 9.47 Å². The largest absolute Gasteiger partial charge is 0.466 e. The van der Waals surface area contributed by atoms with Crippen molar-refractivity contribution in [3.8, 4) is 11.5 Å². The Hall–Kier alpha value is -3.09. The molecule has 2 aliphatic rings. The van der Waals surface area contributed by atoms with Crippen LogP contribution in [0.5, 0.6) is 11.5 Å². The van der Waals surface area contributed by atoms with Gasteiger partial charge in [0.1, 0.15) is 5.82 Å². The summed E-state index contributed by atoms with van der Waals surface area (Å²) >= 11 is 0. The van der Waals surface area contributed by atoms with Gasteiger partial charge in [0, 0.05) is 19.5 Å². The fourth-order valence-corrected chi connectivity index (χ4v) is 4.72. The van der Waals surface area contributed by atoms with Gasteiger partial charge < -0.3 is 19.1 Å². The van der Waals surface area contributed by atoms with Gasteiger partial charge in [-0.05, 0) is 73.4 Å². The highest BCUT2D eigenvalue weighted by Gasteiger charge is 2.31. The lowest BCUT2D eigenvalue weighted by Gasteiger charge is -2.36. The van der Waals surface area contributed by atoms with Gasteiger partial charge in [0.15, 0.2) is 11.5 Å². The van der Waals surface area contributed by atoms with Crippen LogP contribution in [0, 0.1) is 11.7 Å². The Morgan fingerprint density at radius 3 is 2.55 bits per heavy atom. The van der Waals surface area contributed by atoms with Crippen LogP contribution in [0.15, 0.2) is 42.5 Å². The molecule has 0 bridgehead atoms. The molecule has 0 spiro atoms. The van der Waals surface area contributed by atoms with Gasteiger partial charge in [-0.15, -0.1) is 0 Å². The monoisotopic (exact) mass is 455 g/mol. The highest BCUT2D eigenvalue weighted by atomic mass is 19.1. The summed E-state index contributed by atoms with van der Waals surface area (Å²) in [5.41, 5.74) is 1.99. The van der Waals surface area contributed by atoms with Gasteiger partial charge in [-0.25, -0.2) is 4.39 Å². The summed E-state index contributed by atoms with van der Waals surface area (Å²) in [6, 6.07) is 12.2. The minimum atomic E-state index is -0.295. The molecule has 6 nitrogen and oxygen atoms in total. The zero-order valence-corrected chi connectivity index (χ0v) is 18.9. The molecule has 7 heteroatoms. The number of piperidine rings is 1. The average Bonchev–Trinajstić information content (AvgIpc) is 3.30. The number of likely N-dealkylation sites (tertiary alicyclic amines) is 1. The molecule has 0 aromatic heterocycles. The molecule has 2 aromatic carbocycles. The standard InChI is InChI=1S/C26H30FNO5/c1-2-31-26(30)16-22(19-5-7-21(27)8-6-19)20-11-13-28(14-12-20)25(29)10-4-18-3-9-23-24(15-18)33-17-32-23/h3,5-9,15,20,22H,2,4,10-14,16-17H2,1H3/t22-/m0/s1. The number of carbonyl (C=O) groups excluding carboxylic acids is 2. The molecule has 0 radical (unpaired) electrons. The highest BCUT2D eigenvalue weighted by Crippen LogP contribution is 2.36. The normalized spacial score (nSPS) is 16.5. The second-order valence-electron chi connectivity index (χ2n) is 8.57. The van der Waals surface area contributed by atoms with Crippen LogP contribution in [-0.4, -0.2) is 43.3 Å². The summed E-state index contributed by atoms with van der Waals surface area (Å²) in [4.78, 5) is 26.9. The molecule has 33 heavy (non-hydrogen) atoms. The predicted molar refractivity (Wildman–Crippen MR) is 121 cm³/mol. The molecule has 2 heterocycles. The summed E-state index contributed by atoms with van der Waals surface area (Å²) in [5.74, 6) is 1.26. The number of halogens is 1. The number of hydrogen-bond acceptors (Lipinski definition) is 5. The number of aryl methyl sites for hydroxylation is 1. The first-order valence-corrected chi connectivity index (χ1v) is 11.6. The molecule has 0 aliphatic carbocycles. The lowest BCUT2D eigenvalue weighted by atomic mass is 9.78. The van der Waals surface area contributed by atoms with Gasteiger partial charge in [0.2, 0.25) is 12.7 Å². The van der Waals surface area contributed by atoms with Crippen LogP contribution in [0.1, 0.15) is 49.7 Å². The zero-order chi connectivity index (χ0) is 23.2. The first-order chi connectivity index (χ1) is 16.0. The number of fused-ring (bicyclic) bond motifs is 1. The minimum absolute atomic E-state index is 0.0458. The molecule has 0 N–H and O–H groups in total. The molecule has 2 aliphatic heterocycles. The van der Waals surface area contributed by atoms with Crippen LogP contribution in [0.2, 0.25) is 0 Å². The molecule has 1 saturated heterocycles. The Kier molecular flexibility index (Phi) is 7.47. The summed E-state index contributed by atoms with van der Waals surface area (Å²) in [6.45, 7) is 3.68. The Morgan fingerprint density at radius 2 is 1.82 bits per heavy atom. The number of amides is 1. The first-order valence-electron chi connectivity index (χ1n) is 11.6. The number of hydrogen-bond donors (Lipinski definition) is 0. The fourth-order valence-electron chi connectivity index (χ4n) is 4.72. The number of benzene rings is 2. The summed E-state index contributed by atoms with van der Waals surface area (Å²) in [5, 5.41) is 0. The van der Waals surface area contributed by atoms with Gasteiger partial charge in [-0.1, -0.05) is 18.2 Å². The molecule has 1 atom stereocenters. The molecule has 4 rings (SSSR count). The SMILES string of the molecule is CCOC(=O)C[C@@H](c1ccc(F)cc1)C1CCN(C(=O)CCc2ccc3c(c2)OCO3)CC1. The molecule has 1 amide bonds. The van der Waals surface area contributed by atoms with Crippen LogP contribution in [0.25, 0.3) is 0 Å². The average molecular weight is 456 g/mol. The van der Waals surface area contributed by atoms with E-state index in [4.69, 9.17) is 14.2 Å². The topological polar surface area (TPSA) is 65.1 Å². The van der Waals surface area contributed by atoms with E-state index in [0.29, 0.717) is 32.5 Å². The van der Waals surface area contributed by atoms with E-state index in [1.807, 2.05) is 23.1 Å². The van der Waals surface area contributed by atoms with Crippen LogP contribution in [0.4, 0.5) is 4.39 Å². The third kappa shape index (κ3) is 5.83. The van der Waals surface area contributed by atoms with E-state index in [9.17, 15) is 14.0 Å². The lowest BCUT2D eigenvalue weighted by molar-refractivity contribution is -0.144. The quantitative estimate of drug-likeness (QED) is 0.550. The van der Waals surface area contributed by atoms with E-state index in [1.54, 1.807) is 19.1 Å². The third-order valence-corrected chi connectivity index (χ3v) is 6.52. The second kappa shape index (κ2) is 10.7. The molecule has 1 fully saturated rings. The number of esters is 1. The molecule has 2 aromatic rings. The van der Waals surface area contributed by atoms with Crippen molar-refractivity contribution in [1.82, 2.24) is 4.90 Å². The number of ether oxygens (including phenoxy) is 3. The fraction of sp³-hybridized carbons (Fsp3) is 0.462. The number of rotatable bonds is 8. The van der Waals surface area contributed by atoms with E-state index in [1.165, 1.54) is 12.1 Å². The van der Waals surface area contributed by atoms with Crippen molar-refractivity contribution in [3.63, 3.8) is 0 Å². The van der Waals surface area contributed by atoms with Crippen LogP contribution >= 0.6 is 0 Å². The van der Waals surface area contributed by atoms with Crippen molar-refractivity contribution in [2.45, 2.75) is 44.9 Å². The smallest absolute Gasteiger partial charge is 0.306 e. The van der Waals surface area contributed by atoms with Gasteiger partial charge in [-0.3, -0.25) is 9.59 Å². The van der Waals surface area contributed by atoms with Crippen LogP contribution in [-0.2, 0) is 20.7 Å². The highest BCUT2D eigenvalue weighted by molar-refractivity contribution is 5.76. The molecule has 0 unspecified atom stereocenters. The molecular formula is C26H30FNO5. The minimum Gasteiger partial charge on any atom is -0.466 e. The van der Waals surface area contributed by atoms with E-state index < -0.39 is 0 Å². The predicted octanol–water partition coefficient (Wildman–Crippen LogP) is 4.46. The maximum atomic E-state index is 13.4. The summed E-state index contributed by atoms with van der Waals surface area (Å²) in [6.07, 6.45) is 2.96. The van der Waals surface area contributed by atoms with E-state index >= 15 is 0 Å². The van der Waals surface area contributed by atoms with Gasteiger partial charge >= 0.3 is 5.97 Å².